The van der Waals surface area contributed by atoms with Gasteiger partial charge in [-0.05, 0) is 42.5 Å². The third-order valence-corrected chi connectivity index (χ3v) is 3.45. The fourth-order valence-corrected chi connectivity index (χ4v) is 2.27. The van der Waals surface area contributed by atoms with Crippen LogP contribution in [0.25, 0.3) is 22.4 Å². The van der Waals surface area contributed by atoms with Gasteiger partial charge >= 0.3 is 5.97 Å². The quantitative estimate of drug-likeness (QED) is 0.671. The number of nitrogens with one attached hydrogen (secondary N) is 2. The minimum absolute atomic E-state index is 0.0772. The standard InChI is InChI=1S/C17H14FN3O3/c18-11-3-6-13-14(9-11)21-17(20-13)10-1-4-12(5-2-10)19-15(22)7-8-16(23)24/h1-6,9H,7-8H2,(H,19,22)(H,20,21)(H,23,24). The van der Waals surface area contributed by atoms with E-state index in [2.05, 4.69) is 15.3 Å². The van der Waals surface area contributed by atoms with E-state index in [-0.39, 0.29) is 24.6 Å². The first-order chi connectivity index (χ1) is 11.5. The van der Waals surface area contributed by atoms with E-state index in [1.165, 1.54) is 12.1 Å². The fraction of sp³-hybridized carbons (Fsp3) is 0.118. The van der Waals surface area contributed by atoms with Crippen LogP contribution in [0.2, 0.25) is 0 Å². The molecule has 3 N–H and O–H groups in total. The SMILES string of the molecule is O=C(O)CCC(=O)Nc1ccc(-c2nc3ccc(F)cc3[nH]2)cc1. The Morgan fingerprint density at radius 2 is 1.88 bits per heavy atom. The van der Waals surface area contributed by atoms with Crippen molar-refractivity contribution in [3.05, 3.63) is 48.3 Å². The molecule has 0 spiro atoms. The number of carbonyl (C=O) groups is 2. The molecule has 0 aliphatic heterocycles. The van der Waals surface area contributed by atoms with Crippen molar-refractivity contribution in [2.24, 2.45) is 0 Å². The summed E-state index contributed by atoms with van der Waals surface area (Å²) in [4.78, 5) is 29.5. The highest BCUT2D eigenvalue weighted by Crippen LogP contribution is 2.22. The molecule has 1 amide bonds. The predicted octanol–water partition coefficient (Wildman–Crippen LogP) is 3.17. The molecule has 3 aromatic rings. The van der Waals surface area contributed by atoms with Crippen LogP contribution >= 0.6 is 0 Å². The van der Waals surface area contributed by atoms with Crippen LogP contribution < -0.4 is 5.32 Å². The molecule has 122 valence electrons. The Bertz CT molecular complexity index is 903. The van der Waals surface area contributed by atoms with Crippen molar-refractivity contribution in [1.82, 2.24) is 9.97 Å². The number of carbonyl (C=O) groups excluding carboxylic acids is 1. The highest BCUT2D eigenvalue weighted by atomic mass is 19.1. The van der Waals surface area contributed by atoms with Crippen molar-refractivity contribution in [2.75, 3.05) is 5.32 Å². The van der Waals surface area contributed by atoms with Crippen LogP contribution in [-0.2, 0) is 9.59 Å². The lowest BCUT2D eigenvalue weighted by Gasteiger charge is -2.05. The van der Waals surface area contributed by atoms with Crippen molar-refractivity contribution in [1.29, 1.82) is 0 Å². The van der Waals surface area contributed by atoms with E-state index < -0.39 is 5.97 Å². The second-order valence-corrected chi connectivity index (χ2v) is 5.27. The monoisotopic (exact) mass is 327 g/mol. The first-order valence-corrected chi connectivity index (χ1v) is 7.28. The predicted molar refractivity (Wildman–Crippen MR) is 87.0 cm³/mol. The lowest BCUT2D eigenvalue weighted by molar-refractivity contribution is -0.138. The number of carboxylic acid groups (broad SMARTS) is 1. The van der Waals surface area contributed by atoms with Crippen LogP contribution in [0.3, 0.4) is 0 Å². The Morgan fingerprint density at radius 1 is 1.12 bits per heavy atom. The van der Waals surface area contributed by atoms with Crippen molar-refractivity contribution >= 4 is 28.6 Å². The summed E-state index contributed by atoms with van der Waals surface area (Å²) in [5.41, 5.74) is 2.62. The van der Waals surface area contributed by atoms with Gasteiger partial charge in [-0.25, -0.2) is 9.37 Å². The maximum absolute atomic E-state index is 13.2. The van der Waals surface area contributed by atoms with Gasteiger partial charge in [0.2, 0.25) is 5.91 Å². The summed E-state index contributed by atoms with van der Waals surface area (Å²) < 4.78 is 13.2. The number of nitrogens with zero attached hydrogens (tertiary/aromatic N) is 1. The van der Waals surface area contributed by atoms with Gasteiger partial charge in [-0.15, -0.1) is 0 Å². The topological polar surface area (TPSA) is 95.1 Å². The Labute approximate surface area is 136 Å². The summed E-state index contributed by atoms with van der Waals surface area (Å²) in [6.07, 6.45) is -0.286. The van der Waals surface area contributed by atoms with Crippen LogP contribution in [0.15, 0.2) is 42.5 Å². The third kappa shape index (κ3) is 3.57. The van der Waals surface area contributed by atoms with E-state index in [0.29, 0.717) is 22.5 Å². The number of benzene rings is 2. The molecule has 0 unspecified atom stereocenters. The van der Waals surface area contributed by atoms with Gasteiger partial charge in [-0.3, -0.25) is 9.59 Å². The van der Waals surface area contributed by atoms with Crippen LogP contribution in [0.4, 0.5) is 10.1 Å². The van der Waals surface area contributed by atoms with Gasteiger partial charge < -0.3 is 15.4 Å². The average Bonchev–Trinajstić information content (AvgIpc) is 2.96. The highest BCUT2D eigenvalue weighted by molar-refractivity contribution is 5.92. The van der Waals surface area contributed by atoms with Gasteiger partial charge in [0.25, 0.3) is 0 Å². The lowest BCUT2D eigenvalue weighted by Crippen LogP contribution is -2.13. The molecule has 0 aliphatic carbocycles. The largest absolute Gasteiger partial charge is 0.481 e. The Balaban J connectivity index is 1.73. The highest BCUT2D eigenvalue weighted by Gasteiger charge is 2.08. The van der Waals surface area contributed by atoms with Gasteiger partial charge in [0, 0.05) is 17.7 Å². The van der Waals surface area contributed by atoms with E-state index >= 15 is 0 Å². The molecule has 0 atom stereocenters. The zero-order chi connectivity index (χ0) is 17.1. The van der Waals surface area contributed by atoms with E-state index in [1.807, 2.05) is 0 Å². The van der Waals surface area contributed by atoms with E-state index in [0.717, 1.165) is 5.56 Å². The molecule has 6 nitrogen and oxygen atoms in total. The van der Waals surface area contributed by atoms with E-state index in [4.69, 9.17) is 5.11 Å². The molecule has 1 heterocycles. The summed E-state index contributed by atoms with van der Waals surface area (Å²) in [7, 11) is 0. The van der Waals surface area contributed by atoms with Gasteiger partial charge in [0.15, 0.2) is 0 Å². The number of aromatic nitrogens is 2. The number of anilines is 1. The molecule has 2 aromatic carbocycles. The summed E-state index contributed by atoms with van der Waals surface area (Å²) in [6, 6.07) is 11.2. The molecule has 1 aromatic heterocycles. The van der Waals surface area contributed by atoms with E-state index in [9.17, 15) is 14.0 Å². The lowest BCUT2D eigenvalue weighted by atomic mass is 10.2. The minimum Gasteiger partial charge on any atom is -0.481 e. The fourth-order valence-electron chi connectivity index (χ4n) is 2.27. The summed E-state index contributed by atoms with van der Waals surface area (Å²) in [6.45, 7) is 0. The number of rotatable bonds is 5. The molecule has 0 aliphatic rings. The van der Waals surface area contributed by atoms with Crippen LogP contribution in [0.5, 0.6) is 0 Å². The van der Waals surface area contributed by atoms with Crippen molar-refractivity contribution < 1.29 is 19.1 Å². The molecule has 0 radical (unpaired) electrons. The molecular weight excluding hydrogens is 313 g/mol. The molecule has 3 rings (SSSR count). The number of amides is 1. The zero-order valence-electron chi connectivity index (χ0n) is 12.5. The number of hydrogen-bond donors (Lipinski definition) is 3. The number of halogens is 1. The number of H-pyrrole nitrogens is 1. The Kier molecular flexibility index (Phi) is 4.24. The van der Waals surface area contributed by atoms with Gasteiger partial charge in [-0.1, -0.05) is 0 Å². The number of aromatic amines is 1. The van der Waals surface area contributed by atoms with Gasteiger partial charge in [0.05, 0.1) is 17.5 Å². The smallest absolute Gasteiger partial charge is 0.303 e. The second-order valence-electron chi connectivity index (χ2n) is 5.27. The van der Waals surface area contributed by atoms with Gasteiger partial charge in [-0.2, -0.15) is 0 Å². The average molecular weight is 327 g/mol. The summed E-state index contributed by atoms with van der Waals surface area (Å²) in [5, 5.41) is 11.2. The van der Waals surface area contributed by atoms with Gasteiger partial charge in [0.1, 0.15) is 11.6 Å². The summed E-state index contributed by atoms with van der Waals surface area (Å²) >= 11 is 0. The first kappa shape index (κ1) is 15.7. The van der Waals surface area contributed by atoms with E-state index in [1.54, 1.807) is 30.3 Å². The van der Waals surface area contributed by atoms with Crippen LogP contribution in [0.1, 0.15) is 12.8 Å². The van der Waals surface area contributed by atoms with Crippen molar-refractivity contribution in [3.8, 4) is 11.4 Å². The number of fused-ring (bicyclic) bond motifs is 1. The second kappa shape index (κ2) is 6.49. The van der Waals surface area contributed by atoms with Crippen LogP contribution in [-0.4, -0.2) is 27.0 Å². The molecule has 0 fully saturated rings. The maximum Gasteiger partial charge on any atom is 0.303 e. The number of aliphatic carboxylic acids is 1. The number of hydrogen-bond acceptors (Lipinski definition) is 3. The number of carboxylic acids is 1. The first-order valence-electron chi connectivity index (χ1n) is 7.28. The Morgan fingerprint density at radius 3 is 2.58 bits per heavy atom. The minimum atomic E-state index is -1.01. The van der Waals surface area contributed by atoms with Crippen LogP contribution in [0, 0.1) is 5.82 Å². The molecule has 24 heavy (non-hydrogen) atoms. The molecule has 0 bridgehead atoms. The molecule has 7 heteroatoms. The zero-order valence-corrected chi connectivity index (χ0v) is 12.5. The normalized spacial score (nSPS) is 10.7. The molecular formula is C17H14FN3O3. The van der Waals surface area contributed by atoms with Crippen molar-refractivity contribution in [3.63, 3.8) is 0 Å². The summed E-state index contributed by atoms with van der Waals surface area (Å²) in [5.74, 6) is -1.11. The van der Waals surface area contributed by atoms with Crippen molar-refractivity contribution in [2.45, 2.75) is 12.8 Å². The Hall–Kier alpha value is -3.22. The molecule has 0 saturated carbocycles. The maximum atomic E-state index is 13.2. The number of imidazole rings is 1. The molecule has 0 saturated heterocycles. The third-order valence-electron chi connectivity index (χ3n) is 3.45.